The first-order valence-corrected chi connectivity index (χ1v) is 12.3. The summed E-state index contributed by atoms with van der Waals surface area (Å²) in [5.41, 5.74) is 2.80. The van der Waals surface area contributed by atoms with E-state index in [2.05, 4.69) is 5.32 Å². The highest BCUT2D eigenvalue weighted by Crippen LogP contribution is 2.27. The predicted molar refractivity (Wildman–Crippen MR) is 129 cm³/mol. The first kappa shape index (κ1) is 23.3. The van der Waals surface area contributed by atoms with E-state index in [-0.39, 0.29) is 16.7 Å². The Morgan fingerprint density at radius 3 is 2.42 bits per heavy atom. The van der Waals surface area contributed by atoms with Crippen LogP contribution < -0.4 is 10.9 Å². The highest BCUT2D eigenvalue weighted by molar-refractivity contribution is 6.07. The Balaban J connectivity index is 1.71. The predicted octanol–water partition coefficient (Wildman–Crippen LogP) is 5.13. The number of benzene rings is 1. The van der Waals surface area contributed by atoms with Crippen molar-refractivity contribution in [3.05, 3.63) is 63.1 Å². The second-order valence-corrected chi connectivity index (χ2v) is 9.36. The molecule has 1 heterocycles. The standard InChI is InChI=1S/C27H34N2O4/c1-33-27(32)21-14-9-10-15-23(21)28-25(30)22-17-20-13-7-2-3-8-16-24(20)29(26(22)31)18-19-11-5-4-6-12-19/h9-10,14-15,17,19H,2-8,11-13,16,18H2,1H3,(H,28,30). The number of anilines is 1. The first-order valence-electron chi connectivity index (χ1n) is 12.3. The van der Waals surface area contributed by atoms with Gasteiger partial charge in [-0.3, -0.25) is 9.59 Å². The molecule has 176 valence electrons. The van der Waals surface area contributed by atoms with Gasteiger partial charge in [-0.2, -0.15) is 0 Å². The van der Waals surface area contributed by atoms with Crippen LogP contribution in [0.3, 0.4) is 0 Å². The number of aryl methyl sites for hydroxylation is 1. The van der Waals surface area contributed by atoms with Crippen LogP contribution in [0, 0.1) is 5.92 Å². The van der Waals surface area contributed by atoms with Crippen LogP contribution in [0.4, 0.5) is 5.69 Å². The minimum atomic E-state index is -0.529. The maximum Gasteiger partial charge on any atom is 0.339 e. The SMILES string of the molecule is COC(=O)c1ccccc1NC(=O)c1cc2c(n(CC3CCCCC3)c1=O)CCCCCC2. The summed E-state index contributed by atoms with van der Waals surface area (Å²) >= 11 is 0. The molecule has 0 spiro atoms. The number of fused-ring (bicyclic) bond motifs is 1. The largest absolute Gasteiger partial charge is 0.465 e. The Morgan fingerprint density at radius 1 is 0.970 bits per heavy atom. The Bertz CT molecular complexity index is 1070. The molecular weight excluding hydrogens is 416 g/mol. The fraction of sp³-hybridized carbons (Fsp3) is 0.519. The number of rotatable bonds is 5. The van der Waals surface area contributed by atoms with Crippen LogP contribution in [0.5, 0.6) is 0 Å². The minimum Gasteiger partial charge on any atom is -0.465 e. The van der Waals surface area contributed by atoms with Crippen molar-refractivity contribution >= 4 is 17.6 Å². The molecule has 6 heteroatoms. The second-order valence-electron chi connectivity index (χ2n) is 9.36. The molecule has 1 aromatic carbocycles. The molecule has 0 atom stereocenters. The number of amides is 1. The molecule has 0 aliphatic heterocycles. The number of ether oxygens (including phenoxy) is 1. The minimum absolute atomic E-state index is 0.157. The smallest absolute Gasteiger partial charge is 0.339 e. The van der Waals surface area contributed by atoms with Crippen LogP contribution >= 0.6 is 0 Å². The molecule has 0 bridgehead atoms. The number of carbonyl (C=O) groups is 2. The highest BCUT2D eigenvalue weighted by Gasteiger charge is 2.24. The molecule has 0 radical (unpaired) electrons. The van der Waals surface area contributed by atoms with E-state index in [0.717, 1.165) is 49.8 Å². The number of carbonyl (C=O) groups excluding carboxylic acids is 2. The van der Waals surface area contributed by atoms with Crippen LogP contribution in [0.15, 0.2) is 35.1 Å². The van der Waals surface area contributed by atoms with Gasteiger partial charge in [-0.05, 0) is 68.2 Å². The zero-order valence-corrected chi connectivity index (χ0v) is 19.5. The molecule has 0 saturated heterocycles. The number of hydrogen-bond donors (Lipinski definition) is 1. The fourth-order valence-corrected chi connectivity index (χ4v) is 5.29. The monoisotopic (exact) mass is 450 g/mol. The molecule has 1 aromatic heterocycles. The molecule has 2 aromatic rings. The van der Waals surface area contributed by atoms with E-state index in [9.17, 15) is 14.4 Å². The summed E-state index contributed by atoms with van der Waals surface area (Å²) in [4.78, 5) is 39.1. The zero-order chi connectivity index (χ0) is 23.2. The van der Waals surface area contributed by atoms with Gasteiger partial charge in [0.15, 0.2) is 0 Å². The lowest BCUT2D eigenvalue weighted by molar-refractivity contribution is 0.0602. The lowest BCUT2D eigenvalue weighted by Crippen LogP contribution is -2.35. The second kappa shape index (κ2) is 10.8. The van der Waals surface area contributed by atoms with E-state index in [4.69, 9.17) is 4.74 Å². The first-order chi connectivity index (χ1) is 16.1. The number of nitrogens with zero attached hydrogens (tertiary/aromatic N) is 1. The van der Waals surface area contributed by atoms with Crippen molar-refractivity contribution in [3.8, 4) is 0 Å². The fourth-order valence-electron chi connectivity index (χ4n) is 5.29. The number of hydrogen-bond acceptors (Lipinski definition) is 4. The summed E-state index contributed by atoms with van der Waals surface area (Å²) in [6, 6.07) is 8.51. The van der Waals surface area contributed by atoms with E-state index >= 15 is 0 Å². The van der Waals surface area contributed by atoms with Gasteiger partial charge in [0, 0.05) is 12.2 Å². The van der Waals surface area contributed by atoms with E-state index in [1.807, 2.05) is 4.57 Å². The molecule has 1 N–H and O–H groups in total. The summed E-state index contributed by atoms with van der Waals surface area (Å²) in [5.74, 6) is -0.512. The number of pyridine rings is 1. The van der Waals surface area contributed by atoms with Crippen LogP contribution in [0.25, 0.3) is 0 Å². The molecule has 1 fully saturated rings. The van der Waals surface area contributed by atoms with Gasteiger partial charge >= 0.3 is 5.97 Å². The van der Waals surface area contributed by atoms with Crippen molar-refractivity contribution in [2.24, 2.45) is 5.92 Å². The van der Waals surface area contributed by atoms with E-state index in [0.29, 0.717) is 18.2 Å². The van der Waals surface area contributed by atoms with E-state index < -0.39 is 11.9 Å². The van der Waals surface area contributed by atoms with Crippen molar-refractivity contribution in [3.63, 3.8) is 0 Å². The van der Waals surface area contributed by atoms with Gasteiger partial charge in [0.1, 0.15) is 5.56 Å². The summed E-state index contributed by atoms with van der Waals surface area (Å²) in [6.07, 6.45) is 12.3. The van der Waals surface area contributed by atoms with Gasteiger partial charge in [0.05, 0.1) is 18.4 Å². The van der Waals surface area contributed by atoms with Crippen LogP contribution in [-0.2, 0) is 24.1 Å². The molecule has 4 rings (SSSR count). The van der Waals surface area contributed by atoms with Crippen LogP contribution in [0.2, 0.25) is 0 Å². The third kappa shape index (κ3) is 5.37. The highest BCUT2D eigenvalue weighted by atomic mass is 16.5. The molecule has 1 saturated carbocycles. The number of para-hydroxylation sites is 1. The molecule has 33 heavy (non-hydrogen) atoms. The topological polar surface area (TPSA) is 77.4 Å². The Hall–Kier alpha value is -2.89. The lowest BCUT2D eigenvalue weighted by Gasteiger charge is -2.26. The van der Waals surface area contributed by atoms with Crippen molar-refractivity contribution in [2.75, 3.05) is 12.4 Å². The number of esters is 1. The van der Waals surface area contributed by atoms with E-state index in [1.54, 1.807) is 30.3 Å². The van der Waals surface area contributed by atoms with Gasteiger partial charge in [-0.1, -0.05) is 44.2 Å². The van der Waals surface area contributed by atoms with Gasteiger partial charge in [0.2, 0.25) is 0 Å². The summed E-state index contributed by atoms with van der Waals surface area (Å²) in [6.45, 7) is 0.695. The van der Waals surface area contributed by atoms with Crippen molar-refractivity contribution in [2.45, 2.75) is 77.2 Å². The molecule has 2 aliphatic carbocycles. The van der Waals surface area contributed by atoms with Gasteiger partial charge in [-0.25, -0.2) is 4.79 Å². The summed E-state index contributed by atoms with van der Waals surface area (Å²) < 4.78 is 6.75. The number of nitrogens with one attached hydrogen (secondary N) is 1. The Morgan fingerprint density at radius 2 is 1.67 bits per heavy atom. The molecule has 0 unspecified atom stereocenters. The normalized spacial score (nSPS) is 16.9. The average molecular weight is 451 g/mol. The third-order valence-electron chi connectivity index (χ3n) is 7.09. The van der Waals surface area contributed by atoms with Crippen molar-refractivity contribution in [1.82, 2.24) is 4.57 Å². The summed E-state index contributed by atoms with van der Waals surface area (Å²) in [7, 11) is 1.31. The Kier molecular flexibility index (Phi) is 7.63. The van der Waals surface area contributed by atoms with Gasteiger partial charge in [0.25, 0.3) is 11.5 Å². The van der Waals surface area contributed by atoms with Crippen LogP contribution in [-0.4, -0.2) is 23.6 Å². The van der Waals surface area contributed by atoms with Crippen LogP contribution in [0.1, 0.15) is 89.8 Å². The maximum absolute atomic E-state index is 13.6. The average Bonchev–Trinajstić information content (AvgIpc) is 2.82. The van der Waals surface area contributed by atoms with E-state index in [1.165, 1.54) is 39.2 Å². The number of aromatic nitrogens is 1. The molecule has 6 nitrogen and oxygen atoms in total. The number of methoxy groups -OCH3 is 1. The van der Waals surface area contributed by atoms with Crippen molar-refractivity contribution < 1.29 is 14.3 Å². The zero-order valence-electron chi connectivity index (χ0n) is 19.5. The molecule has 1 amide bonds. The quantitative estimate of drug-likeness (QED) is 0.641. The van der Waals surface area contributed by atoms with Gasteiger partial charge in [-0.15, -0.1) is 0 Å². The van der Waals surface area contributed by atoms with Crippen molar-refractivity contribution in [1.29, 1.82) is 0 Å². The summed E-state index contributed by atoms with van der Waals surface area (Å²) in [5, 5.41) is 2.80. The maximum atomic E-state index is 13.6. The Labute approximate surface area is 195 Å². The third-order valence-corrected chi connectivity index (χ3v) is 7.09. The molecule has 2 aliphatic rings. The lowest BCUT2D eigenvalue weighted by atomic mass is 9.88. The van der Waals surface area contributed by atoms with Gasteiger partial charge < -0.3 is 14.6 Å². The molecular formula is C27H34N2O4.